The molecule has 2 aromatic heterocycles. The quantitative estimate of drug-likeness (QED) is 0.229. The van der Waals surface area contributed by atoms with Crippen molar-refractivity contribution < 1.29 is 51.0 Å². The fraction of sp³-hybridized carbons (Fsp3) is 0.379. The van der Waals surface area contributed by atoms with Gasteiger partial charge in [0.15, 0.2) is 11.9 Å². The monoisotopic (exact) mass is 670 g/mol. The molecule has 0 radical (unpaired) electrons. The summed E-state index contributed by atoms with van der Waals surface area (Å²) in [4.78, 5) is 68.8. The molecule has 1 unspecified atom stereocenters. The van der Waals surface area contributed by atoms with Gasteiger partial charge in [-0.2, -0.15) is 13.2 Å². The lowest BCUT2D eigenvalue weighted by Gasteiger charge is -2.19. The van der Waals surface area contributed by atoms with Crippen LogP contribution in [0.4, 0.5) is 37.2 Å². The van der Waals surface area contributed by atoms with E-state index in [-0.39, 0.29) is 30.5 Å². The molecule has 254 valence electrons. The minimum atomic E-state index is -4.70. The van der Waals surface area contributed by atoms with Gasteiger partial charge in [-0.15, -0.1) is 0 Å². The number of aryl methyl sites for hydroxylation is 1. The molecule has 18 heteroatoms. The molecule has 0 bridgehead atoms. The van der Waals surface area contributed by atoms with E-state index in [0.29, 0.717) is 4.57 Å². The second kappa shape index (κ2) is 14.9. The second-order valence-electron chi connectivity index (χ2n) is 10.6. The second-order valence-corrected chi connectivity index (χ2v) is 10.6. The van der Waals surface area contributed by atoms with Crippen molar-refractivity contribution in [1.82, 2.24) is 23.9 Å². The Kier molecular flexibility index (Phi) is 11.4. The number of alkyl halides is 3. The Balaban J connectivity index is 1.95. The van der Waals surface area contributed by atoms with E-state index in [4.69, 9.17) is 4.74 Å². The predicted molar refractivity (Wildman–Crippen MR) is 157 cm³/mol. The number of nitrogens with one attached hydrogen (secondary N) is 1. The summed E-state index contributed by atoms with van der Waals surface area (Å²) in [5, 5.41) is 12.1. The first kappa shape index (κ1) is 36.2. The van der Waals surface area contributed by atoms with E-state index in [0.717, 1.165) is 9.47 Å². The molecular weight excluding hydrogens is 639 g/mol. The Hall–Kier alpha value is -5.29. The number of carbonyl (C=O) groups excluding carboxylic acids is 3. The van der Waals surface area contributed by atoms with Crippen molar-refractivity contribution in [2.24, 2.45) is 0 Å². The minimum absolute atomic E-state index is 0.0783. The number of aromatic nitrogens is 3. The number of fused-ring (bicyclic) bond motifs is 1. The first-order valence-corrected chi connectivity index (χ1v) is 13.9. The maximum atomic E-state index is 14.8. The van der Waals surface area contributed by atoms with Gasteiger partial charge in [0.05, 0.1) is 12.1 Å². The van der Waals surface area contributed by atoms with Crippen LogP contribution in [-0.2, 0) is 27.3 Å². The summed E-state index contributed by atoms with van der Waals surface area (Å²) in [6.07, 6.45) is -7.27. The van der Waals surface area contributed by atoms with Crippen LogP contribution in [0.2, 0.25) is 0 Å². The Morgan fingerprint density at radius 1 is 1.11 bits per heavy atom. The summed E-state index contributed by atoms with van der Waals surface area (Å²) < 4.78 is 74.4. The number of anilines is 1. The first-order chi connectivity index (χ1) is 21.9. The highest BCUT2D eigenvalue weighted by Gasteiger charge is 2.30. The van der Waals surface area contributed by atoms with Crippen LogP contribution in [0.5, 0.6) is 0 Å². The molecule has 0 aliphatic carbocycles. The average Bonchev–Trinajstić information content (AvgIpc) is 3.35. The van der Waals surface area contributed by atoms with Gasteiger partial charge in [0, 0.05) is 52.4 Å². The number of ether oxygens (including phenoxy) is 1. The number of imidazole rings is 1. The lowest BCUT2D eigenvalue weighted by Crippen LogP contribution is -2.37. The normalized spacial score (nSPS) is 12.3. The summed E-state index contributed by atoms with van der Waals surface area (Å²) in [6, 6.07) is 2.74. The number of benzene rings is 1. The summed E-state index contributed by atoms with van der Waals surface area (Å²) in [5.74, 6) is -4.52. The van der Waals surface area contributed by atoms with Gasteiger partial charge >= 0.3 is 18.4 Å². The number of likely N-dealkylation sites (N-methyl/N-ethyl adjacent to an activating group) is 1. The standard InChI is InChI=1S/C29H31F5N6O7/c1-37(2)22(41)10-6-5-9-20(47-28(46)38(3)4)25(42)35-19-8-7-13-39(26(19)43)15-21-36-23-16(11-12-29(32,33)34)17(30)14-18(31)24(23)40(21)27(44)45/h6-8,10,13-14,20H,5,9,11-12,15H2,1-4H3,(H,35,42)(H,44,45)/b10-6+. The first-order valence-electron chi connectivity index (χ1n) is 13.9. The third-order valence-corrected chi connectivity index (χ3v) is 6.64. The molecule has 3 amide bonds. The predicted octanol–water partition coefficient (Wildman–Crippen LogP) is 3.98. The van der Waals surface area contributed by atoms with Gasteiger partial charge in [-0.1, -0.05) is 6.08 Å². The van der Waals surface area contributed by atoms with Gasteiger partial charge in [-0.3, -0.25) is 14.4 Å². The molecule has 0 fully saturated rings. The number of hydrogen-bond donors (Lipinski definition) is 2. The van der Waals surface area contributed by atoms with Crippen molar-refractivity contribution in [2.45, 2.75) is 44.5 Å². The number of rotatable bonds is 11. The number of nitrogens with zero attached hydrogens (tertiary/aromatic N) is 5. The minimum Gasteiger partial charge on any atom is -0.464 e. The molecule has 3 aromatic rings. The Morgan fingerprint density at radius 3 is 2.38 bits per heavy atom. The summed E-state index contributed by atoms with van der Waals surface area (Å²) in [6.45, 7) is -0.687. The fourth-order valence-corrected chi connectivity index (χ4v) is 4.27. The maximum Gasteiger partial charge on any atom is 0.417 e. The van der Waals surface area contributed by atoms with Crippen molar-refractivity contribution >= 4 is 40.7 Å². The number of hydrogen-bond acceptors (Lipinski definition) is 7. The topological polar surface area (TPSA) is 156 Å². The zero-order valence-electron chi connectivity index (χ0n) is 25.6. The zero-order chi connectivity index (χ0) is 35.2. The maximum absolute atomic E-state index is 14.8. The molecular formula is C29H31F5N6O7. The molecule has 1 aromatic carbocycles. The number of pyridine rings is 1. The molecule has 3 rings (SSSR count). The molecule has 1 atom stereocenters. The van der Waals surface area contributed by atoms with E-state index in [9.17, 15) is 51.0 Å². The molecule has 13 nitrogen and oxygen atoms in total. The van der Waals surface area contributed by atoms with Crippen LogP contribution in [0.25, 0.3) is 11.0 Å². The largest absolute Gasteiger partial charge is 0.464 e. The molecule has 0 saturated heterocycles. The van der Waals surface area contributed by atoms with Gasteiger partial charge in [-0.25, -0.2) is 27.9 Å². The molecule has 0 aliphatic heterocycles. The van der Waals surface area contributed by atoms with E-state index in [1.54, 1.807) is 14.1 Å². The summed E-state index contributed by atoms with van der Waals surface area (Å²) >= 11 is 0. The lowest BCUT2D eigenvalue weighted by molar-refractivity contribution is -0.134. The molecule has 0 aliphatic rings. The van der Waals surface area contributed by atoms with Crippen LogP contribution in [0.3, 0.4) is 0 Å². The van der Waals surface area contributed by atoms with Crippen LogP contribution in [0.1, 0.15) is 30.7 Å². The van der Waals surface area contributed by atoms with Crippen LogP contribution in [0.15, 0.2) is 41.3 Å². The highest BCUT2D eigenvalue weighted by atomic mass is 19.4. The SMILES string of the molecule is CN(C)C(=O)/C=C/CCC(OC(=O)N(C)C)C(=O)Nc1cccn(Cc2nc3c(CCC(F)(F)F)c(F)cc(F)c3n2C(=O)O)c1=O. The Morgan fingerprint density at radius 2 is 1.79 bits per heavy atom. The summed E-state index contributed by atoms with van der Waals surface area (Å²) in [5.41, 5.74) is -3.37. The van der Waals surface area contributed by atoms with Crippen LogP contribution in [-0.4, -0.2) is 93.5 Å². The van der Waals surface area contributed by atoms with E-state index < -0.39 is 89.4 Å². The van der Waals surface area contributed by atoms with Crippen molar-refractivity contribution in [3.8, 4) is 0 Å². The lowest BCUT2D eigenvalue weighted by atomic mass is 10.1. The number of carboxylic acid groups (broad SMARTS) is 1. The van der Waals surface area contributed by atoms with Gasteiger partial charge in [-0.05, 0) is 37.5 Å². The third-order valence-electron chi connectivity index (χ3n) is 6.64. The van der Waals surface area contributed by atoms with Crippen LogP contribution in [0, 0.1) is 11.6 Å². The van der Waals surface area contributed by atoms with Crippen LogP contribution < -0.4 is 10.9 Å². The van der Waals surface area contributed by atoms with Gasteiger partial charge in [0.2, 0.25) is 5.91 Å². The van der Waals surface area contributed by atoms with Gasteiger partial charge in [0.25, 0.3) is 11.5 Å². The number of carbonyl (C=O) groups is 4. The van der Waals surface area contributed by atoms with Crippen molar-refractivity contribution in [3.63, 3.8) is 0 Å². The zero-order valence-corrected chi connectivity index (χ0v) is 25.6. The molecule has 0 saturated carbocycles. The van der Waals surface area contributed by atoms with E-state index in [2.05, 4.69) is 10.3 Å². The van der Waals surface area contributed by atoms with Crippen molar-refractivity contribution in [2.75, 3.05) is 33.5 Å². The van der Waals surface area contributed by atoms with Gasteiger partial charge in [0.1, 0.15) is 22.8 Å². The highest BCUT2D eigenvalue weighted by molar-refractivity contribution is 5.95. The summed E-state index contributed by atoms with van der Waals surface area (Å²) in [7, 11) is 5.85. The average molecular weight is 671 g/mol. The number of amides is 3. The highest BCUT2D eigenvalue weighted by Crippen LogP contribution is 2.30. The number of halogens is 5. The fourth-order valence-electron chi connectivity index (χ4n) is 4.27. The van der Waals surface area contributed by atoms with Gasteiger partial charge < -0.3 is 29.5 Å². The Labute approximate surface area is 263 Å². The van der Waals surface area contributed by atoms with E-state index in [1.165, 1.54) is 49.5 Å². The Bertz CT molecular complexity index is 1760. The van der Waals surface area contributed by atoms with Crippen molar-refractivity contribution in [3.05, 3.63) is 69.9 Å². The molecule has 47 heavy (non-hydrogen) atoms. The van der Waals surface area contributed by atoms with Crippen molar-refractivity contribution in [1.29, 1.82) is 0 Å². The smallest absolute Gasteiger partial charge is 0.417 e. The molecule has 0 spiro atoms. The molecule has 2 N–H and O–H groups in total. The number of allylic oxidation sites excluding steroid dienone is 1. The van der Waals surface area contributed by atoms with E-state index >= 15 is 0 Å². The van der Waals surface area contributed by atoms with Crippen LogP contribution >= 0.6 is 0 Å². The van der Waals surface area contributed by atoms with E-state index in [1.807, 2.05) is 0 Å². The third kappa shape index (κ3) is 9.14. The molecule has 2 heterocycles.